The second-order valence-electron chi connectivity index (χ2n) is 8.04. The summed E-state index contributed by atoms with van der Waals surface area (Å²) < 4.78 is 43.0. The predicted octanol–water partition coefficient (Wildman–Crippen LogP) is 4.48. The van der Waals surface area contributed by atoms with Crippen LogP contribution in [-0.4, -0.2) is 47.6 Å². The zero-order valence-electron chi connectivity index (χ0n) is 18.6. The van der Waals surface area contributed by atoms with E-state index in [4.69, 9.17) is 9.84 Å². The lowest BCUT2D eigenvalue weighted by Gasteiger charge is -2.26. The average Bonchev–Trinajstić information content (AvgIpc) is 2.82. The number of carboxylic acid groups (broad SMARTS) is 1. The Hall–Kier alpha value is -3.21. The van der Waals surface area contributed by atoms with E-state index in [0.717, 1.165) is 0 Å². The van der Waals surface area contributed by atoms with Crippen molar-refractivity contribution in [2.75, 3.05) is 13.1 Å². The van der Waals surface area contributed by atoms with Crippen molar-refractivity contribution in [2.24, 2.45) is 5.92 Å². The second-order valence-corrected chi connectivity index (χ2v) is 9.18. The molecule has 0 atom stereocenters. The Morgan fingerprint density at radius 1 is 0.857 bits per heavy atom. The zero-order valence-corrected chi connectivity index (χ0v) is 19.5. The molecule has 0 bridgehead atoms. The summed E-state index contributed by atoms with van der Waals surface area (Å²) in [4.78, 5) is 35.4. The van der Waals surface area contributed by atoms with Gasteiger partial charge in [-0.2, -0.15) is 13.2 Å². The van der Waals surface area contributed by atoms with E-state index in [1.165, 1.54) is 24.3 Å². The van der Waals surface area contributed by atoms with Crippen LogP contribution >= 0.6 is 11.8 Å². The van der Waals surface area contributed by atoms with E-state index in [0.29, 0.717) is 37.0 Å². The van der Waals surface area contributed by atoms with Crippen LogP contribution in [0.3, 0.4) is 0 Å². The van der Waals surface area contributed by atoms with Gasteiger partial charge in [0.05, 0.1) is 12.0 Å². The molecular formula is C24H25F3N2O5S. The van der Waals surface area contributed by atoms with Crippen molar-refractivity contribution in [2.45, 2.75) is 42.2 Å². The molecule has 3 N–H and O–H groups in total. The molecule has 188 valence electrons. The monoisotopic (exact) mass is 510 g/mol. The molecule has 3 rings (SSSR count). The number of nitrogens with one attached hydrogen (secondary N) is 2. The normalized spacial score (nSPS) is 17.9. The number of thioether (sulfide) groups is 1. The number of carboxylic acids is 1. The molecule has 0 aliphatic heterocycles. The van der Waals surface area contributed by atoms with Crippen molar-refractivity contribution in [3.8, 4) is 5.75 Å². The largest absolute Gasteiger partial charge is 0.490 e. The van der Waals surface area contributed by atoms with Gasteiger partial charge < -0.3 is 20.5 Å². The fourth-order valence-electron chi connectivity index (χ4n) is 3.67. The van der Waals surface area contributed by atoms with Crippen LogP contribution in [0.5, 0.6) is 5.75 Å². The quantitative estimate of drug-likeness (QED) is 0.340. The molecule has 1 fully saturated rings. The second kappa shape index (κ2) is 12.0. The molecule has 7 nitrogen and oxygen atoms in total. The topological polar surface area (TPSA) is 105 Å². The van der Waals surface area contributed by atoms with Crippen LogP contribution in [0.2, 0.25) is 0 Å². The van der Waals surface area contributed by atoms with Gasteiger partial charge in [0.25, 0.3) is 11.8 Å². The molecule has 1 aliphatic carbocycles. The third-order valence-corrected chi connectivity index (χ3v) is 6.23. The predicted molar refractivity (Wildman–Crippen MR) is 123 cm³/mol. The first-order valence-electron chi connectivity index (χ1n) is 11.0. The van der Waals surface area contributed by atoms with Crippen molar-refractivity contribution in [1.29, 1.82) is 0 Å². The Labute approximate surface area is 204 Å². The van der Waals surface area contributed by atoms with Gasteiger partial charge in [-0.05, 0) is 86.0 Å². The fourth-order valence-corrected chi connectivity index (χ4v) is 4.21. The standard InChI is InChI=1S/C24H25F3N2O5S/c25-24(26,27)35-20-11-5-16(6-12-20)22(31)29-14-13-28-21(30)15-1-7-18(8-2-15)34-19-9-3-17(4-10-19)23(32)33/h1-2,5-8,11-12,17,19H,3-4,9-10,13-14H2,(H,28,30)(H,29,31)(H,32,33). The number of hydrogen-bond donors (Lipinski definition) is 3. The van der Waals surface area contributed by atoms with Crippen LogP contribution in [0.1, 0.15) is 46.4 Å². The van der Waals surface area contributed by atoms with Crippen LogP contribution in [0.25, 0.3) is 0 Å². The van der Waals surface area contributed by atoms with Crippen molar-refractivity contribution >= 4 is 29.5 Å². The molecule has 11 heteroatoms. The number of rotatable bonds is 9. The van der Waals surface area contributed by atoms with Gasteiger partial charge in [-0.25, -0.2) is 0 Å². The molecule has 2 aromatic rings. The van der Waals surface area contributed by atoms with E-state index in [-0.39, 0.29) is 53.2 Å². The highest BCUT2D eigenvalue weighted by atomic mass is 32.2. The molecule has 1 aliphatic rings. The van der Waals surface area contributed by atoms with Crippen LogP contribution in [0, 0.1) is 5.92 Å². The lowest BCUT2D eigenvalue weighted by Crippen LogP contribution is -2.34. The number of alkyl halides is 3. The van der Waals surface area contributed by atoms with E-state index in [2.05, 4.69) is 10.6 Å². The molecule has 0 spiro atoms. The summed E-state index contributed by atoms with van der Waals surface area (Å²) in [5, 5.41) is 14.3. The molecule has 0 saturated heterocycles. The third-order valence-electron chi connectivity index (χ3n) is 5.49. The van der Waals surface area contributed by atoms with Crippen molar-refractivity contribution in [3.05, 3.63) is 59.7 Å². The third kappa shape index (κ3) is 8.50. The highest BCUT2D eigenvalue weighted by molar-refractivity contribution is 8.00. The first kappa shape index (κ1) is 26.4. The van der Waals surface area contributed by atoms with Crippen LogP contribution in [0.4, 0.5) is 13.2 Å². The lowest BCUT2D eigenvalue weighted by molar-refractivity contribution is -0.143. The van der Waals surface area contributed by atoms with Gasteiger partial charge in [-0.3, -0.25) is 14.4 Å². The summed E-state index contributed by atoms with van der Waals surface area (Å²) in [5.74, 6) is -1.26. The number of halogens is 3. The summed E-state index contributed by atoms with van der Waals surface area (Å²) in [7, 11) is 0. The Balaban J connectivity index is 1.37. The van der Waals surface area contributed by atoms with Crippen molar-refractivity contribution < 1.29 is 37.4 Å². The maximum absolute atomic E-state index is 12.4. The van der Waals surface area contributed by atoms with Gasteiger partial charge in [0.15, 0.2) is 0 Å². The van der Waals surface area contributed by atoms with Gasteiger partial charge in [-0.15, -0.1) is 0 Å². The minimum atomic E-state index is -4.39. The first-order chi connectivity index (χ1) is 16.6. The smallest absolute Gasteiger partial charge is 0.446 e. The molecular weight excluding hydrogens is 485 g/mol. The van der Waals surface area contributed by atoms with Gasteiger partial charge in [0.2, 0.25) is 0 Å². The maximum atomic E-state index is 12.4. The number of ether oxygens (including phenoxy) is 1. The summed E-state index contributed by atoms with van der Waals surface area (Å²) in [6.07, 6.45) is 2.45. The summed E-state index contributed by atoms with van der Waals surface area (Å²) in [6, 6.07) is 11.7. The molecule has 0 radical (unpaired) electrons. The molecule has 0 unspecified atom stereocenters. The van der Waals surface area contributed by atoms with Gasteiger partial charge in [-0.1, -0.05) is 0 Å². The molecule has 35 heavy (non-hydrogen) atoms. The Kier molecular flexibility index (Phi) is 9.02. The first-order valence-corrected chi connectivity index (χ1v) is 11.8. The van der Waals surface area contributed by atoms with Crippen molar-refractivity contribution in [1.82, 2.24) is 10.6 Å². The Morgan fingerprint density at radius 3 is 1.80 bits per heavy atom. The summed E-state index contributed by atoms with van der Waals surface area (Å²) in [5.41, 5.74) is -3.76. The number of carbonyl (C=O) groups is 3. The highest BCUT2D eigenvalue weighted by Crippen LogP contribution is 2.36. The van der Waals surface area contributed by atoms with E-state index >= 15 is 0 Å². The van der Waals surface area contributed by atoms with E-state index in [1.54, 1.807) is 24.3 Å². The Bertz CT molecular complexity index is 1020. The minimum Gasteiger partial charge on any atom is -0.490 e. The van der Waals surface area contributed by atoms with Crippen LogP contribution in [0.15, 0.2) is 53.4 Å². The molecule has 2 amide bonds. The molecule has 0 heterocycles. The minimum absolute atomic E-state index is 0.0108. The van der Waals surface area contributed by atoms with Gasteiger partial charge >= 0.3 is 11.5 Å². The van der Waals surface area contributed by atoms with E-state index < -0.39 is 17.4 Å². The summed E-state index contributed by atoms with van der Waals surface area (Å²) >= 11 is -0.252. The van der Waals surface area contributed by atoms with E-state index in [9.17, 15) is 27.6 Å². The number of amides is 2. The average molecular weight is 511 g/mol. The highest BCUT2D eigenvalue weighted by Gasteiger charge is 2.29. The van der Waals surface area contributed by atoms with Gasteiger partial charge in [0.1, 0.15) is 5.75 Å². The number of hydrogen-bond acceptors (Lipinski definition) is 5. The van der Waals surface area contributed by atoms with E-state index in [1.807, 2.05) is 0 Å². The van der Waals surface area contributed by atoms with Crippen LogP contribution < -0.4 is 15.4 Å². The maximum Gasteiger partial charge on any atom is 0.446 e. The lowest BCUT2D eigenvalue weighted by atomic mass is 9.87. The number of benzene rings is 2. The molecule has 2 aromatic carbocycles. The molecule has 1 saturated carbocycles. The Morgan fingerprint density at radius 2 is 1.34 bits per heavy atom. The zero-order chi connectivity index (χ0) is 25.4. The number of aliphatic carboxylic acids is 1. The number of carbonyl (C=O) groups excluding carboxylic acids is 2. The van der Waals surface area contributed by atoms with Gasteiger partial charge in [0, 0.05) is 29.1 Å². The fraction of sp³-hybridized carbons (Fsp3) is 0.375. The summed E-state index contributed by atoms with van der Waals surface area (Å²) in [6.45, 7) is 0.307. The molecule has 0 aromatic heterocycles. The SMILES string of the molecule is O=C(NCCNC(=O)c1ccc(SC(F)(F)F)cc1)c1ccc(OC2CCC(C(=O)O)CC2)cc1. The van der Waals surface area contributed by atoms with Crippen LogP contribution in [-0.2, 0) is 4.79 Å². The van der Waals surface area contributed by atoms with Crippen molar-refractivity contribution in [3.63, 3.8) is 0 Å².